The molecule has 1 aromatic carbocycles. The van der Waals surface area contributed by atoms with Crippen molar-refractivity contribution in [3.05, 3.63) is 30.0 Å². The predicted molar refractivity (Wildman–Crippen MR) is 94.1 cm³/mol. The van der Waals surface area contributed by atoms with Gasteiger partial charge >= 0.3 is 5.97 Å². The van der Waals surface area contributed by atoms with Crippen LogP contribution in [0.3, 0.4) is 0 Å². The van der Waals surface area contributed by atoms with Crippen molar-refractivity contribution in [3.63, 3.8) is 0 Å². The molecule has 0 radical (unpaired) electrons. The molecular formula is C18H22N4O4. The third-order valence-electron chi connectivity index (χ3n) is 4.94. The van der Waals surface area contributed by atoms with E-state index in [1.54, 1.807) is 31.3 Å². The highest BCUT2D eigenvalue weighted by molar-refractivity contribution is 5.95. The van der Waals surface area contributed by atoms with E-state index in [9.17, 15) is 19.8 Å². The van der Waals surface area contributed by atoms with Gasteiger partial charge in [0.1, 0.15) is 5.69 Å². The number of benzene rings is 1. The fourth-order valence-electron chi connectivity index (χ4n) is 3.46. The highest BCUT2D eigenvalue weighted by Crippen LogP contribution is 2.31. The Balaban J connectivity index is 1.72. The Kier molecular flexibility index (Phi) is 5.32. The Hall–Kier alpha value is -2.74. The maximum atomic E-state index is 12.5. The van der Waals surface area contributed by atoms with Gasteiger partial charge in [0.15, 0.2) is 0 Å². The molecule has 3 N–H and O–H groups in total. The van der Waals surface area contributed by atoms with Crippen LogP contribution >= 0.6 is 0 Å². The standard InChI is InChI=1S/C18H22N4O4/c1-22-15(10-23)16(20-21-22)11-6-8-12(9-7-11)19-17(24)13-4-2-3-5-14(13)18(25)26/h6-9,13-14,23H,2-5,10H2,1H3,(H,19,24)(H,25,26)/t13-,14-/m0/s1. The Labute approximate surface area is 150 Å². The van der Waals surface area contributed by atoms with Crippen molar-refractivity contribution >= 4 is 17.6 Å². The summed E-state index contributed by atoms with van der Waals surface area (Å²) in [5.41, 5.74) is 2.57. The number of aliphatic hydroxyl groups is 1. The van der Waals surface area contributed by atoms with Gasteiger partial charge in [-0.15, -0.1) is 5.10 Å². The van der Waals surface area contributed by atoms with Crippen LogP contribution in [0.1, 0.15) is 31.4 Å². The van der Waals surface area contributed by atoms with Gasteiger partial charge < -0.3 is 15.5 Å². The number of rotatable bonds is 5. The molecule has 1 aliphatic rings. The van der Waals surface area contributed by atoms with Crippen LogP contribution in [0, 0.1) is 11.8 Å². The van der Waals surface area contributed by atoms with Gasteiger partial charge in [-0.2, -0.15) is 0 Å². The van der Waals surface area contributed by atoms with E-state index in [2.05, 4.69) is 15.6 Å². The number of carboxylic acids is 1. The molecule has 2 atom stereocenters. The molecule has 1 amide bonds. The average Bonchev–Trinajstić information content (AvgIpc) is 3.02. The summed E-state index contributed by atoms with van der Waals surface area (Å²) in [5, 5.41) is 29.5. The quantitative estimate of drug-likeness (QED) is 0.750. The Morgan fingerprint density at radius 3 is 2.46 bits per heavy atom. The van der Waals surface area contributed by atoms with Crippen LogP contribution < -0.4 is 5.32 Å². The number of carbonyl (C=O) groups is 2. The molecule has 3 rings (SSSR count). The van der Waals surface area contributed by atoms with Crippen molar-refractivity contribution in [2.75, 3.05) is 5.32 Å². The summed E-state index contributed by atoms with van der Waals surface area (Å²) in [6, 6.07) is 7.05. The minimum atomic E-state index is -0.903. The summed E-state index contributed by atoms with van der Waals surface area (Å²) < 4.78 is 1.51. The van der Waals surface area contributed by atoms with Gasteiger partial charge in [0.25, 0.3) is 0 Å². The fourth-order valence-corrected chi connectivity index (χ4v) is 3.46. The first-order valence-corrected chi connectivity index (χ1v) is 8.64. The van der Waals surface area contributed by atoms with Gasteiger partial charge in [-0.1, -0.05) is 30.2 Å². The Morgan fingerprint density at radius 2 is 1.85 bits per heavy atom. The molecule has 26 heavy (non-hydrogen) atoms. The summed E-state index contributed by atoms with van der Waals surface area (Å²) >= 11 is 0. The molecule has 2 aromatic rings. The monoisotopic (exact) mass is 358 g/mol. The van der Waals surface area contributed by atoms with Crippen LogP contribution in [0.2, 0.25) is 0 Å². The highest BCUT2D eigenvalue weighted by Gasteiger charge is 2.35. The molecule has 1 aliphatic carbocycles. The lowest BCUT2D eigenvalue weighted by molar-refractivity contribution is -0.147. The minimum absolute atomic E-state index is 0.171. The van der Waals surface area contributed by atoms with E-state index in [4.69, 9.17) is 0 Å². The molecule has 1 heterocycles. The predicted octanol–water partition coefficient (Wildman–Crippen LogP) is 1.80. The number of nitrogens with one attached hydrogen (secondary N) is 1. The average molecular weight is 358 g/mol. The number of hydrogen-bond donors (Lipinski definition) is 3. The van der Waals surface area contributed by atoms with Crippen molar-refractivity contribution in [2.24, 2.45) is 18.9 Å². The number of hydrogen-bond acceptors (Lipinski definition) is 5. The molecule has 8 nitrogen and oxygen atoms in total. The number of aliphatic hydroxyl groups excluding tert-OH is 1. The molecule has 1 fully saturated rings. The smallest absolute Gasteiger partial charge is 0.307 e. The van der Waals surface area contributed by atoms with E-state index in [1.807, 2.05) is 0 Å². The van der Waals surface area contributed by atoms with Crippen molar-refractivity contribution in [3.8, 4) is 11.3 Å². The first kappa shape index (κ1) is 18.1. The Bertz CT molecular complexity index is 800. The summed E-state index contributed by atoms with van der Waals surface area (Å²) in [5.74, 6) is -2.27. The molecule has 8 heteroatoms. The number of carbonyl (C=O) groups excluding carboxylic acids is 1. The van der Waals surface area contributed by atoms with Crippen molar-refractivity contribution < 1.29 is 19.8 Å². The van der Waals surface area contributed by atoms with Crippen LogP contribution in [-0.2, 0) is 23.2 Å². The number of amides is 1. The van der Waals surface area contributed by atoms with E-state index in [-0.39, 0.29) is 12.5 Å². The van der Waals surface area contributed by atoms with Gasteiger partial charge in [-0.05, 0) is 25.0 Å². The number of carboxylic acid groups (broad SMARTS) is 1. The maximum absolute atomic E-state index is 12.5. The van der Waals surface area contributed by atoms with Gasteiger partial charge in [-0.25, -0.2) is 4.68 Å². The molecule has 0 bridgehead atoms. The highest BCUT2D eigenvalue weighted by atomic mass is 16.4. The summed E-state index contributed by atoms with van der Waals surface area (Å²) in [6.45, 7) is -0.171. The molecule has 0 aliphatic heterocycles. The molecule has 138 valence electrons. The van der Waals surface area contributed by atoms with Gasteiger partial charge in [0, 0.05) is 18.3 Å². The molecule has 0 spiro atoms. The minimum Gasteiger partial charge on any atom is -0.481 e. The van der Waals surface area contributed by atoms with E-state index in [1.165, 1.54) is 4.68 Å². The van der Waals surface area contributed by atoms with Crippen molar-refractivity contribution in [1.82, 2.24) is 15.0 Å². The number of aliphatic carboxylic acids is 1. The summed E-state index contributed by atoms with van der Waals surface area (Å²) in [6.07, 6.45) is 2.86. The lowest BCUT2D eigenvalue weighted by Gasteiger charge is -2.27. The zero-order valence-corrected chi connectivity index (χ0v) is 14.6. The third kappa shape index (κ3) is 3.60. The lowest BCUT2D eigenvalue weighted by atomic mass is 9.78. The molecule has 0 unspecified atom stereocenters. The second-order valence-corrected chi connectivity index (χ2v) is 6.57. The van der Waals surface area contributed by atoms with Crippen LogP contribution in [0.15, 0.2) is 24.3 Å². The maximum Gasteiger partial charge on any atom is 0.307 e. The molecule has 0 saturated heterocycles. The number of aryl methyl sites for hydroxylation is 1. The summed E-state index contributed by atoms with van der Waals surface area (Å²) in [4.78, 5) is 23.9. The van der Waals surface area contributed by atoms with E-state index in [0.717, 1.165) is 18.4 Å². The van der Waals surface area contributed by atoms with E-state index < -0.39 is 17.8 Å². The van der Waals surface area contributed by atoms with Gasteiger partial charge in [-0.3, -0.25) is 9.59 Å². The summed E-state index contributed by atoms with van der Waals surface area (Å²) in [7, 11) is 1.71. The van der Waals surface area contributed by atoms with Crippen LogP contribution in [0.25, 0.3) is 11.3 Å². The molecule has 1 saturated carbocycles. The van der Waals surface area contributed by atoms with Crippen molar-refractivity contribution in [2.45, 2.75) is 32.3 Å². The largest absolute Gasteiger partial charge is 0.481 e. The number of nitrogens with zero attached hydrogens (tertiary/aromatic N) is 3. The van der Waals surface area contributed by atoms with Gasteiger partial charge in [0.05, 0.1) is 24.1 Å². The second-order valence-electron chi connectivity index (χ2n) is 6.57. The number of aromatic nitrogens is 3. The molecule has 1 aromatic heterocycles. The first-order chi connectivity index (χ1) is 12.5. The van der Waals surface area contributed by atoms with E-state index >= 15 is 0 Å². The second kappa shape index (κ2) is 7.65. The normalized spacial score (nSPS) is 19.9. The van der Waals surface area contributed by atoms with E-state index in [0.29, 0.717) is 29.9 Å². The number of anilines is 1. The fraction of sp³-hybridized carbons (Fsp3) is 0.444. The Morgan fingerprint density at radius 1 is 1.19 bits per heavy atom. The van der Waals surface area contributed by atoms with Crippen molar-refractivity contribution in [1.29, 1.82) is 0 Å². The SMILES string of the molecule is Cn1nnc(-c2ccc(NC(=O)[C@H]3CCCC[C@@H]3C(=O)O)cc2)c1CO. The zero-order chi connectivity index (χ0) is 18.7. The molecular weight excluding hydrogens is 336 g/mol. The van der Waals surface area contributed by atoms with Gasteiger partial charge in [0.2, 0.25) is 5.91 Å². The lowest BCUT2D eigenvalue weighted by Crippen LogP contribution is -2.36. The van der Waals surface area contributed by atoms with Crippen LogP contribution in [0.4, 0.5) is 5.69 Å². The zero-order valence-electron chi connectivity index (χ0n) is 14.6. The van der Waals surface area contributed by atoms with Crippen LogP contribution in [-0.4, -0.2) is 37.1 Å². The third-order valence-corrected chi connectivity index (χ3v) is 4.94. The van der Waals surface area contributed by atoms with Crippen LogP contribution in [0.5, 0.6) is 0 Å². The first-order valence-electron chi connectivity index (χ1n) is 8.64. The topological polar surface area (TPSA) is 117 Å².